The van der Waals surface area contributed by atoms with Crippen molar-refractivity contribution < 1.29 is 29.1 Å². The van der Waals surface area contributed by atoms with Crippen LogP contribution < -0.4 is 16.0 Å². The van der Waals surface area contributed by atoms with E-state index < -0.39 is 41.3 Å². The lowest BCUT2D eigenvalue weighted by Crippen LogP contribution is -2.70. The molecule has 4 N–H and O–H groups in total. The predicted molar refractivity (Wildman–Crippen MR) is 141 cm³/mol. The molecule has 15 nitrogen and oxygen atoms in total. The number of aliphatic carboxylic acids is 1. The number of thioether (sulfide) groups is 2. The van der Waals surface area contributed by atoms with Gasteiger partial charge in [0.15, 0.2) is 0 Å². The van der Waals surface area contributed by atoms with Crippen molar-refractivity contribution in [2.45, 2.75) is 23.0 Å². The molecule has 1 aromatic carbocycles. The van der Waals surface area contributed by atoms with E-state index in [2.05, 4.69) is 31.5 Å². The van der Waals surface area contributed by atoms with Crippen molar-refractivity contribution in [2.75, 3.05) is 30.9 Å². The van der Waals surface area contributed by atoms with Gasteiger partial charge in [-0.25, -0.2) is 24.0 Å². The summed E-state index contributed by atoms with van der Waals surface area (Å²) in [7, 11) is 4.36. The van der Waals surface area contributed by atoms with Crippen molar-refractivity contribution in [1.29, 1.82) is 0 Å². The molecule has 1 aromatic heterocycles. The summed E-state index contributed by atoms with van der Waals surface area (Å²) in [6, 6.07) is 4.39. The first-order chi connectivity index (χ1) is 18.6. The third kappa shape index (κ3) is 5.83. The second-order valence-corrected chi connectivity index (χ2v) is 10.5. The molecule has 206 valence electrons. The number of hydrogen-bond donors (Lipinski definition) is 4. The highest BCUT2D eigenvalue weighted by Crippen LogP contribution is 2.41. The van der Waals surface area contributed by atoms with Crippen LogP contribution in [-0.4, -0.2) is 102 Å². The molecule has 17 heteroatoms. The number of carbonyl (C=O) groups excluding carboxylic acids is 4. The first-order valence-corrected chi connectivity index (χ1v) is 13.5. The van der Waals surface area contributed by atoms with E-state index in [0.717, 1.165) is 4.90 Å². The van der Waals surface area contributed by atoms with Gasteiger partial charge >= 0.3 is 18.0 Å². The number of nitrogens with one attached hydrogen (secondary N) is 3. The first kappa shape index (κ1) is 27.9. The van der Waals surface area contributed by atoms with Crippen LogP contribution in [0.25, 0.3) is 0 Å². The third-order valence-corrected chi connectivity index (χ3v) is 8.39. The van der Waals surface area contributed by atoms with Crippen LogP contribution in [0.5, 0.6) is 0 Å². The fourth-order valence-electron chi connectivity index (χ4n) is 3.94. The average molecular weight is 576 g/mol. The number of amides is 6. The largest absolute Gasteiger partial charge is 0.477 e. The monoisotopic (exact) mass is 575 g/mol. The van der Waals surface area contributed by atoms with Crippen LogP contribution in [0.2, 0.25) is 0 Å². The van der Waals surface area contributed by atoms with Gasteiger partial charge in [0.2, 0.25) is 11.1 Å². The van der Waals surface area contributed by atoms with E-state index >= 15 is 0 Å². The van der Waals surface area contributed by atoms with Crippen LogP contribution in [0, 0.1) is 0 Å². The minimum Gasteiger partial charge on any atom is -0.477 e. The molecular weight excluding hydrogens is 550 g/mol. The summed E-state index contributed by atoms with van der Waals surface area (Å²) < 4.78 is 1.47. The number of urea groups is 2. The number of imide groups is 1. The standard InChI is InChI=1S/C22H25N9O6S2/c1-23-20(36)29(2)21(37)24-13-7-5-4-6-11(13)8-14(32)25-15-17(33)31-16(19(34)35)12(9-38-18(15)31)10-39-22-26-27-28-30(22)3/h4-7,15,18H,8-10H2,1-3H3,(H,23,36)(H,24,37)(H,25,32)(H,34,35). The first-order valence-electron chi connectivity index (χ1n) is 11.5. The van der Waals surface area contributed by atoms with Gasteiger partial charge in [-0.2, -0.15) is 0 Å². The Morgan fingerprint density at radius 3 is 2.64 bits per heavy atom. The zero-order chi connectivity index (χ0) is 28.3. The average Bonchev–Trinajstić information content (AvgIpc) is 3.34. The van der Waals surface area contributed by atoms with E-state index in [4.69, 9.17) is 0 Å². The van der Waals surface area contributed by atoms with Crippen LogP contribution in [0.15, 0.2) is 40.7 Å². The van der Waals surface area contributed by atoms with Crippen LogP contribution in [0.4, 0.5) is 15.3 Å². The van der Waals surface area contributed by atoms with Crippen LogP contribution in [-0.2, 0) is 27.9 Å². The number of fused-ring (bicyclic) bond motifs is 1. The van der Waals surface area contributed by atoms with E-state index in [1.54, 1.807) is 31.3 Å². The number of carboxylic acids is 1. The van der Waals surface area contributed by atoms with Gasteiger partial charge in [0.05, 0.1) is 6.42 Å². The van der Waals surface area contributed by atoms with E-state index in [9.17, 15) is 29.1 Å². The second kappa shape index (κ2) is 11.7. The molecule has 39 heavy (non-hydrogen) atoms. The summed E-state index contributed by atoms with van der Waals surface area (Å²) in [6.07, 6.45) is -0.156. The summed E-state index contributed by atoms with van der Waals surface area (Å²) in [5.74, 6) is -1.58. The van der Waals surface area contributed by atoms with Crippen molar-refractivity contribution in [1.82, 2.24) is 40.6 Å². The Labute approximate surface area is 230 Å². The van der Waals surface area contributed by atoms with E-state index in [1.165, 1.54) is 47.2 Å². The Kier molecular flexibility index (Phi) is 8.39. The lowest BCUT2D eigenvalue weighted by atomic mass is 10.0. The maximum Gasteiger partial charge on any atom is 0.352 e. The van der Waals surface area contributed by atoms with Crippen molar-refractivity contribution in [2.24, 2.45) is 7.05 Å². The highest BCUT2D eigenvalue weighted by molar-refractivity contribution is 8.01. The van der Waals surface area contributed by atoms with Crippen molar-refractivity contribution in [3.05, 3.63) is 41.1 Å². The molecule has 2 aliphatic heterocycles. The number of β-lactam (4-membered cyclic amide) rings is 1. The number of aryl methyl sites for hydroxylation is 1. The number of hydrogen-bond acceptors (Lipinski definition) is 10. The van der Waals surface area contributed by atoms with Gasteiger partial charge in [-0.1, -0.05) is 30.0 Å². The van der Waals surface area contributed by atoms with E-state index in [0.29, 0.717) is 27.7 Å². The molecule has 0 radical (unpaired) electrons. The predicted octanol–water partition coefficient (Wildman–Crippen LogP) is 0.0866. The molecule has 2 atom stereocenters. The number of carboxylic acid groups (broad SMARTS) is 1. The van der Waals surface area contributed by atoms with Gasteiger partial charge in [-0.15, -0.1) is 16.9 Å². The lowest BCUT2D eigenvalue weighted by molar-refractivity contribution is -0.150. The van der Waals surface area contributed by atoms with E-state index in [1.807, 2.05) is 0 Å². The molecule has 4 rings (SSSR count). The second-order valence-electron chi connectivity index (χ2n) is 8.46. The Morgan fingerprint density at radius 2 is 1.97 bits per heavy atom. The smallest absolute Gasteiger partial charge is 0.352 e. The van der Waals surface area contributed by atoms with Gasteiger partial charge in [-0.3, -0.25) is 14.5 Å². The Morgan fingerprint density at radius 1 is 1.23 bits per heavy atom. The van der Waals surface area contributed by atoms with Crippen LogP contribution in [0.3, 0.4) is 0 Å². The molecule has 1 fully saturated rings. The fourth-order valence-corrected chi connectivity index (χ4v) is 6.28. The number of carbonyl (C=O) groups is 5. The molecule has 0 bridgehead atoms. The molecule has 2 aromatic rings. The number of benzene rings is 1. The number of rotatable bonds is 8. The topological polar surface area (TPSA) is 192 Å². The summed E-state index contributed by atoms with van der Waals surface area (Å²) in [4.78, 5) is 64.0. The number of para-hydroxylation sites is 1. The van der Waals surface area contributed by atoms with Gasteiger partial charge in [0.25, 0.3) is 5.91 Å². The van der Waals surface area contributed by atoms with Gasteiger partial charge in [-0.05, 0) is 27.6 Å². The minimum absolute atomic E-state index is 0.0924. The Bertz CT molecular complexity index is 1360. The minimum atomic E-state index is -1.23. The fraction of sp³-hybridized carbons (Fsp3) is 0.364. The molecule has 1 saturated heterocycles. The summed E-state index contributed by atoms with van der Waals surface area (Å²) >= 11 is 2.62. The Hall–Kier alpha value is -4.12. The Balaban J connectivity index is 1.40. The molecule has 0 spiro atoms. The summed E-state index contributed by atoms with van der Waals surface area (Å²) in [6.45, 7) is 0. The van der Waals surface area contributed by atoms with Crippen LogP contribution in [0.1, 0.15) is 5.56 Å². The molecule has 3 heterocycles. The van der Waals surface area contributed by atoms with Crippen molar-refractivity contribution in [3.8, 4) is 0 Å². The van der Waals surface area contributed by atoms with Gasteiger partial charge < -0.3 is 21.1 Å². The molecule has 6 amide bonds. The molecule has 2 unspecified atom stereocenters. The maximum absolute atomic E-state index is 13.0. The number of aromatic nitrogens is 4. The normalized spacial score (nSPS) is 18.1. The third-order valence-electron chi connectivity index (χ3n) is 5.96. The molecule has 0 aliphatic carbocycles. The zero-order valence-corrected chi connectivity index (χ0v) is 22.7. The highest BCUT2D eigenvalue weighted by Gasteiger charge is 2.54. The van der Waals surface area contributed by atoms with E-state index in [-0.39, 0.29) is 17.9 Å². The molecule has 0 saturated carbocycles. The zero-order valence-electron chi connectivity index (χ0n) is 21.1. The summed E-state index contributed by atoms with van der Waals surface area (Å²) in [5.41, 5.74) is 1.27. The van der Waals surface area contributed by atoms with Crippen molar-refractivity contribution >= 4 is 59.1 Å². The number of anilines is 1. The van der Waals surface area contributed by atoms with Crippen LogP contribution >= 0.6 is 23.5 Å². The van der Waals surface area contributed by atoms with Crippen molar-refractivity contribution in [3.63, 3.8) is 0 Å². The number of tetrazole rings is 1. The van der Waals surface area contributed by atoms with Gasteiger partial charge in [0.1, 0.15) is 17.1 Å². The SMILES string of the molecule is CNC(=O)N(C)C(=O)Nc1ccccc1CC(=O)NC1C(=O)N2C(C(=O)O)=C(CSc3nnnn3C)CSC12. The quantitative estimate of drug-likeness (QED) is 0.246. The maximum atomic E-state index is 13.0. The van der Waals surface area contributed by atoms with Gasteiger partial charge in [0, 0.05) is 38.3 Å². The summed E-state index contributed by atoms with van der Waals surface area (Å²) in [5, 5.41) is 28.6. The molecular formula is C22H25N9O6S2. The lowest BCUT2D eigenvalue weighted by Gasteiger charge is -2.49. The molecule has 2 aliphatic rings. The highest BCUT2D eigenvalue weighted by atomic mass is 32.2. The number of nitrogens with zero attached hydrogens (tertiary/aromatic N) is 6.